The molecule has 1 aromatic rings. The summed E-state index contributed by atoms with van der Waals surface area (Å²) in [6.07, 6.45) is 0. The molecular formula is C11H18N2O2S. The molecule has 5 heteroatoms. The van der Waals surface area contributed by atoms with Crippen LogP contribution in [-0.4, -0.2) is 32.1 Å². The summed E-state index contributed by atoms with van der Waals surface area (Å²) >= 11 is 1.39. The largest absolute Gasteiger partial charge is 0.495 e. The topological polar surface area (TPSA) is 50.4 Å². The summed E-state index contributed by atoms with van der Waals surface area (Å²) in [7, 11) is 1.57. The van der Waals surface area contributed by atoms with Gasteiger partial charge >= 0.3 is 0 Å². The van der Waals surface area contributed by atoms with Gasteiger partial charge in [0.15, 0.2) is 0 Å². The number of hydrogen-bond acceptors (Lipinski definition) is 4. The summed E-state index contributed by atoms with van der Waals surface area (Å²) in [6.45, 7) is 5.55. The molecule has 1 aromatic heterocycles. The lowest BCUT2D eigenvalue weighted by Gasteiger charge is -2.09. The highest BCUT2D eigenvalue weighted by Crippen LogP contribution is 2.23. The molecule has 4 nitrogen and oxygen atoms in total. The molecule has 0 radical (unpaired) electrons. The van der Waals surface area contributed by atoms with Gasteiger partial charge in [0.25, 0.3) is 5.91 Å². The van der Waals surface area contributed by atoms with Crippen molar-refractivity contribution >= 4 is 17.2 Å². The van der Waals surface area contributed by atoms with Crippen molar-refractivity contribution in [2.45, 2.75) is 19.9 Å². The highest BCUT2D eigenvalue weighted by Gasteiger charge is 2.12. The van der Waals surface area contributed by atoms with E-state index in [0.717, 1.165) is 6.54 Å². The molecule has 0 unspecified atom stereocenters. The van der Waals surface area contributed by atoms with E-state index >= 15 is 0 Å². The Morgan fingerprint density at radius 2 is 2.25 bits per heavy atom. The maximum absolute atomic E-state index is 11.7. The third-order valence-electron chi connectivity index (χ3n) is 2.02. The molecule has 0 aliphatic heterocycles. The lowest BCUT2D eigenvalue weighted by Crippen LogP contribution is -2.34. The number of carbonyl (C=O) groups is 1. The van der Waals surface area contributed by atoms with E-state index in [4.69, 9.17) is 4.74 Å². The van der Waals surface area contributed by atoms with E-state index in [1.165, 1.54) is 11.3 Å². The zero-order valence-corrected chi connectivity index (χ0v) is 10.7. The van der Waals surface area contributed by atoms with E-state index in [2.05, 4.69) is 24.5 Å². The normalized spacial score (nSPS) is 10.5. The Hall–Kier alpha value is -1.07. The fourth-order valence-electron chi connectivity index (χ4n) is 1.24. The minimum atomic E-state index is -0.0718. The average molecular weight is 242 g/mol. The smallest absolute Gasteiger partial charge is 0.265 e. The van der Waals surface area contributed by atoms with Gasteiger partial charge in [0.1, 0.15) is 10.6 Å². The van der Waals surface area contributed by atoms with Crippen LogP contribution < -0.4 is 15.4 Å². The first-order valence-corrected chi connectivity index (χ1v) is 6.16. The van der Waals surface area contributed by atoms with Crippen LogP contribution in [0.5, 0.6) is 5.75 Å². The minimum Gasteiger partial charge on any atom is -0.495 e. The number of hydrogen-bond donors (Lipinski definition) is 2. The van der Waals surface area contributed by atoms with Crippen molar-refractivity contribution in [3.05, 3.63) is 16.3 Å². The van der Waals surface area contributed by atoms with Gasteiger partial charge in [-0.05, 0) is 11.4 Å². The van der Waals surface area contributed by atoms with Crippen molar-refractivity contribution in [3.63, 3.8) is 0 Å². The molecule has 0 aliphatic rings. The quantitative estimate of drug-likeness (QED) is 0.743. The molecule has 1 rings (SSSR count). The van der Waals surface area contributed by atoms with Gasteiger partial charge in [-0.15, -0.1) is 11.3 Å². The molecule has 16 heavy (non-hydrogen) atoms. The lowest BCUT2D eigenvalue weighted by atomic mass is 10.4. The highest BCUT2D eigenvalue weighted by atomic mass is 32.1. The molecular weight excluding hydrogens is 224 g/mol. The molecule has 0 aliphatic carbocycles. The zero-order valence-electron chi connectivity index (χ0n) is 9.87. The van der Waals surface area contributed by atoms with Crippen molar-refractivity contribution in [1.82, 2.24) is 10.6 Å². The molecule has 1 amide bonds. The number of amides is 1. The predicted octanol–water partition coefficient (Wildman–Crippen LogP) is 1.48. The molecule has 0 spiro atoms. The second kappa shape index (κ2) is 6.50. The molecule has 2 N–H and O–H groups in total. The van der Waals surface area contributed by atoms with Gasteiger partial charge in [0.05, 0.1) is 7.11 Å². The van der Waals surface area contributed by atoms with Crippen molar-refractivity contribution in [2.75, 3.05) is 20.2 Å². The molecule has 1 heterocycles. The summed E-state index contributed by atoms with van der Waals surface area (Å²) in [5.74, 6) is 0.566. The summed E-state index contributed by atoms with van der Waals surface area (Å²) in [4.78, 5) is 12.4. The standard InChI is InChI=1S/C11H18N2O2S/c1-8(2)12-5-6-13-11(14)10-9(15-3)4-7-16-10/h4,7-8,12H,5-6H2,1-3H3,(H,13,14). The summed E-state index contributed by atoms with van der Waals surface area (Å²) in [5, 5.41) is 7.92. The van der Waals surface area contributed by atoms with Gasteiger partial charge < -0.3 is 15.4 Å². The van der Waals surface area contributed by atoms with E-state index < -0.39 is 0 Å². The van der Waals surface area contributed by atoms with Crippen LogP contribution in [0, 0.1) is 0 Å². The number of methoxy groups -OCH3 is 1. The molecule has 90 valence electrons. The second-order valence-electron chi connectivity index (χ2n) is 3.68. The van der Waals surface area contributed by atoms with E-state index in [9.17, 15) is 4.79 Å². The molecule has 0 saturated carbocycles. The second-order valence-corrected chi connectivity index (χ2v) is 4.60. The average Bonchev–Trinajstić information content (AvgIpc) is 2.71. The van der Waals surface area contributed by atoms with Crippen LogP contribution in [0.25, 0.3) is 0 Å². The fourth-order valence-corrected chi connectivity index (χ4v) is 2.02. The maximum Gasteiger partial charge on any atom is 0.265 e. The number of ether oxygens (including phenoxy) is 1. The van der Waals surface area contributed by atoms with Gasteiger partial charge in [-0.2, -0.15) is 0 Å². The molecule has 0 atom stereocenters. The predicted molar refractivity (Wildman–Crippen MR) is 66.3 cm³/mol. The van der Waals surface area contributed by atoms with E-state index in [-0.39, 0.29) is 5.91 Å². The van der Waals surface area contributed by atoms with Crippen LogP contribution in [0.1, 0.15) is 23.5 Å². The van der Waals surface area contributed by atoms with E-state index in [0.29, 0.717) is 23.2 Å². The minimum absolute atomic E-state index is 0.0718. The van der Waals surface area contributed by atoms with Crippen LogP contribution in [0.2, 0.25) is 0 Å². The number of carbonyl (C=O) groups excluding carboxylic acids is 1. The molecule has 0 saturated heterocycles. The van der Waals surface area contributed by atoms with E-state index in [1.54, 1.807) is 13.2 Å². The molecule has 0 aromatic carbocycles. The van der Waals surface area contributed by atoms with Crippen molar-refractivity contribution < 1.29 is 9.53 Å². The first kappa shape index (κ1) is 13.0. The fraction of sp³-hybridized carbons (Fsp3) is 0.545. The Morgan fingerprint density at radius 1 is 1.50 bits per heavy atom. The summed E-state index contributed by atoms with van der Waals surface area (Å²) in [6, 6.07) is 2.24. The van der Waals surface area contributed by atoms with Gasteiger partial charge in [0.2, 0.25) is 0 Å². The number of rotatable bonds is 6. The third-order valence-corrected chi connectivity index (χ3v) is 2.91. The molecule has 0 bridgehead atoms. The third kappa shape index (κ3) is 3.83. The SMILES string of the molecule is COc1ccsc1C(=O)NCCNC(C)C. The van der Waals surface area contributed by atoms with Crippen LogP contribution in [-0.2, 0) is 0 Å². The summed E-state index contributed by atoms with van der Waals surface area (Å²) < 4.78 is 5.08. The van der Waals surface area contributed by atoms with E-state index in [1.807, 2.05) is 5.38 Å². The highest BCUT2D eigenvalue weighted by molar-refractivity contribution is 7.12. The van der Waals surface area contributed by atoms with Crippen molar-refractivity contribution in [3.8, 4) is 5.75 Å². The first-order chi connectivity index (χ1) is 7.65. The first-order valence-electron chi connectivity index (χ1n) is 5.28. The van der Waals surface area contributed by atoms with Crippen molar-refractivity contribution in [2.24, 2.45) is 0 Å². The van der Waals surface area contributed by atoms with Gasteiger partial charge in [-0.1, -0.05) is 13.8 Å². The number of thiophene rings is 1. The Morgan fingerprint density at radius 3 is 2.88 bits per heavy atom. The zero-order chi connectivity index (χ0) is 12.0. The Kier molecular flexibility index (Phi) is 5.28. The van der Waals surface area contributed by atoms with Crippen LogP contribution in [0.4, 0.5) is 0 Å². The Labute approximate surface area is 100 Å². The van der Waals surface area contributed by atoms with Gasteiger partial charge in [0, 0.05) is 19.1 Å². The maximum atomic E-state index is 11.7. The van der Waals surface area contributed by atoms with Crippen molar-refractivity contribution in [1.29, 1.82) is 0 Å². The molecule has 0 fully saturated rings. The van der Waals surface area contributed by atoms with Crippen LogP contribution in [0.15, 0.2) is 11.4 Å². The van der Waals surface area contributed by atoms with Gasteiger partial charge in [-0.3, -0.25) is 4.79 Å². The van der Waals surface area contributed by atoms with Crippen LogP contribution in [0.3, 0.4) is 0 Å². The summed E-state index contributed by atoms with van der Waals surface area (Å²) in [5.41, 5.74) is 0. The van der Waals surface area contributed by atoms with Crippen LogP contribution >= 0.6 is 11.3 Å². The lowest BCUT2D eigenvalue weighted by molar-refractivity contribution is 0.0955. The number of nitrogens with one attached hydrogen (secondary N) is 2. The Balaban J connectivity index is 2.35. The Bertz CT molecular complexity index is 336. The van der Waals surface area contributed by atoms with Gasteiger partial charge in [-0.25, -0.2) is 0 Å². The monoisotopic (exact) mass is 242 g/mol.